The number of aryl methyl sites for hydroxylation is 2. The van der Waals surface area contributed by atoms with E-state index in [1.165, 1.54) is 24.3 Å². The maximum Gasteiger partial charge on any atom is 0.271 e. The van der Waals surface area contributed by atoms with Crippen LogP contribution in [-0.4, -0.2) is 9.85 Å². The molecule has 8 heteroatoms. The van der Waals surface area contributed by atoms with Gasteiger partial charge in [0.25, 0.3) is 11.4 Å². The quantitative estimate of drug-likeness (QED) is 0.496. The van der Waals surface area contributed by atoms with Gasteiger partial charge in [-0.3, -0.25) is 20.2 Å². The average molecular weight is 304 g/mol. The summed E-state index contributed by atoms with van der Waals surface area (Å²) in [6.07, 6.45) is 0. The van der Waals surface area contributed by atoms with E-state index in [0.29, 0.717) is 11.4 Å². The van der Waals surface area contributed by atoms with E-state index in [2.05, 4.69) is 0 Å². The van der Waals surface area contributed by atoms with Crippen LogP contribution in [0.5, 0.6) is 0 Å². The van der Waals surface area contributed by atoms with Crippen LogP contribution in [0.2, 0.25) is 0 Å². The minimum Gasteiger partial charge on any atom is -0.398 e. The summed E-state index contributed by atoms with van der Waals surface area (Å²) in [5, 5.41) is 20.4. The summed E-state index contributed by atoms with van der Waals surface area (Å²) in [5.74, 6) is 0. The highest BCUT2D eigenvalue weighted by Gasteiger charge is 2.06. The van der Waals surface area contributed by atoms with E-state index in [1.54, 1.807) is 26.0 Å². The Bertz CT molecular complexity index is 654. The van der Waals surface area contributed by atoms with Crippen molar-refractivity contribution >= 4 is 22.7 Å². The summed E-state index contributed by atoms with van der Waals surface area (Å²) in [7, 11) is 0. The van der Waals surface area contributed by atoms with Crippen molar-refractivity contribution in [1.82, 2.24) is 0 Å². The monoisotopic (exact) mass is 304 g/mol. The molecule has 2 aromatic carbocycles. The van der Waals surface area contributed by atoms with Crippen molar-refractivity contribution in [2.24, 2.45) is 0 Å². The second kappa shape index (κ2) is 7.02. The molecule has 8 nitrogen and oxygen atoms in total. The van der Waals surface area contributed by atoms with Gasteiger partial charge in [-0.05, 0) is 25.0 Å². The smallest absolute Gasteiger partial charge is 0.271 e. The molecule has 0 amide bonds. The maximum atomic E-state index is 10.2. The van der Waals surface area contributed by atoms with Gasteiger partial charge in [-0.15, -0.1) is 0 Å². The average Bonchev–Trinajstić information content (AvgIpc) is 2.45. The zero-order chi connectivity index (χ0) is 16.9. The third-order valence-electron chi connectivity index (χ3n) is 2.95. The zero-order valence-corrected chi connectivity index (χ0v) is 12.1. The Morgan fingerprint density at radius 1 is 0.773 bits per heavy atom. The van der Waals surface area contributed by atoms with Crippen LogP contribution in [0.25, 0.3) is 0 Å². The number of nitrogen functional groups attached to an aromatic ring is 2. The predicted octanol–water partition coefficient (Wildman–Crippen LogP) is 2.97. The Balaban J connectivity index is 0.000000220. The van der Waals surface area contributed by atoms with E-state index in [4.69, 9.17) is 11.5 Å². The van der Waals surface area contributed by atoms with Gasteiger partial charge in [0, 0.05) is 35.6 Å². The van der Waals surface area contributed by atoms with E-state index >= 15 is 0 Å². The minimum atomic E-state index is -0.462. The Hall–Kier alpha value is -3.16. The summed E-state index contributed by atoms with van der Waals surface area (Å²) in [5.41, 5.74) is 13.6. The molecular weight excluding hydrogens is 288 g/mol. The van der Waals surface area contributed by atoms with E-state index in [0.717, 1.165) is 11.1 Å². The van der Waals surface area contributed by atoms with Gasteiger partial charge in [0.1, 0.15) is 0 Å². The van der Waals surface area contributed by atoms with E-state index < -0.39 is 9.85 Å². The molecule has 0 spiro atoms. The van der Waals surface area contributed by atoms with Crippen molar-refractivity contribution in [2.75, 3.05) is 11.5 Å². The fourth-order valence-corrected chi connectivity index (χ4v) is 1.48. The molecule has 0 bridgehead atoms. The largest absolute Gasteiger partial charge is 0.398 e. The van der Waals surface area contributed by atoms with Gasteiger partial charge >= 0.3 is 0 Å². The predicted molar refractivity (Wildman–Crippen MR) is 84.5 cm³/mol. The standard InChI is InChI=1S/2C7H8N2O2/c2*1-5-2-3-6(9(10)11)4-7(5)8/h2*2-4H,8H2,1H3. The SMILES string of the molecule is Cc1ccc([N+](=O)[O-])cc1N.Cc1ccc([N+](=O)[O-])cc1N. The first-order chi connectivity index (χ1) is 10.2. The molecule has 0 aliphatic heterocycles. The Morgan fingerprint density at radius 3 is 1.32 bits per heavy atom. The topological polar surface area (TPSA) is 138 Å². The second-order valence-electron chi connectivity index (χ2n) is 4.60. The number of nitro benzene ring substituents is 2. The van der Waals surface area contributed by atoms with Gasteiger partial charge in [0.2, 0.25) is 0 Å². The van der Waals surface area contributed by atoms with Crippen molar-refractivity contribution in [3.63, 3.8) is 0 Å². The fourth-order valence-electron chi connectivity index (χ4n) is 1.48. The third kappa shape index (κ3) is 4.44. The van der Waals surface area contributed by atoms with E-state index in [-0.39, 0.29) is 11.4 Å². The van der Waals surface area contributed by atoms with Crippen molar-refractivity contribution in [3.8, 4) is 0 Å². The summed E-state index contributed by atoms with van der Waals surface area (Å²) in [4.78, 5) is 19.5. The van der Waals surface area contributed by atoms with Crippen molar-refractivity contribution < 1.29 is 9.85 Å². The van der Waals surface area contributed by atoms with E-state index in [1.807, 2.05) is 0 Å². The van der Waals surface area contributed by atoms with Gasteiger partial charge in [0.15, 0.2) is 0 Å². The third-order valence-corrected chi connectivity index (χ3v) is 2.95. The summed E-state index contributed by atoms with van der Waals surface area (Å²) < 4.78 is 0. The molecular formula is C14H16N4O4. The highest BCUT2D eigenvalue weighted by Crippen LogP contribution is 2.19. The van der Waals surface area contributed by atoms with Crippen LogP contribution in [-0.2, 0) is 0 Å². The lowest BCUT2D eigenvalue weighted by Crippen LogP contribution is -1.92. The molecule has 0 saturated carbocycles. The molecule has 0 saturated heterocycles. The molecule has 0 aromatic heterocycles. The van der Waals surface area contributed by atoms with Crippen LogP contribution < -0.4 is 11.5 Å². The van der Waals surface area contributed by atoms with Crippen molar-refractivity contribution in [1.29, 1.82) is 0 Å². The van der Waals surface area contributed by atoms with Gasteiger partial charge in [-0.1, -0.05) is 12.1 Å². The van der Waals surface area contributed by atoms with Crippen molar-refractivity contribution in [3.05, 3.63) is 67.8 Å². The molecule has 0 heterocycles. The number of benzene rings is 2. The summed E-state index contributed by atoms with van der Waals surface area (Å²) in [6.45, 7) is 3.61. The van der Waals surface area contributed by atoms with Crippen LogP contribution in [0.1, 0.15) is 11.1 Å². The number of nitro groups is 2. The van der Waals surface area contributed by atoms with Crippen LogP contribution >= 0.6 is 0 Å². The first kappa shape index (κ1) is 16.9. The molecule has 0 radical (unpaired) electrons. The molecule has 0 atom stereocenters. The number of non-ortho nitro benzene ring substituents is 2. The molecule has 4 N–H and O–H groups in total. The number of rotatable bonds is 2. The van der Waals surface area contributed by atoms with Gasteiger partial charge < -0.3 is 11.5 Å². The fraction of sp³-hybridized carbons (Fsp3) is 0.143. The first-order valence-electron chi connectivity index (χ1n) is 6.23. The molecule has 0 fully saturated rings. The Kier molecular flexibility index (Phi) is 5.39. The van der Waals surface area contributed by atoms with Crippen molar-refractivity contribution in [2.45, 2.75) is 13.8 Å². The minimum absolute atomic E-state index is 0.0353. The number of nitrogens with zero attached hydrogens (tertiary/aromatic N) is 2. The summed E-state index contributed by atoms with van der Waals surface area (Å²) in [6, 6.07) is 8.85. The van der Waals surface area contributed by atoms with Gasteiger partial charge in [-0.2, -0.15) is 0 Å². The highest BCUT2D eigenvalue weighted by atomic mass is 16.6. The second-order valence-corrected chi connectivity index (χ2v) is 4.60. The lowest BCUT2D eigenvalue weighted by molar-refractivity contribution is -0.385. The summed E-state index contributed by atoms with van der Waals surface area (Å²) >= 11 is 0. The molecule has 0 unspecified atom stereocenters. The van der Waals surface area contributed by atoms with Crippen LogP contribution in [0.3, 0.4) is 0 Å². The Morgan fingerprint density at radius 2 is 1.09 bits per heavy atom. The number of hydrogen-bond acceptors (Lipinski definition) is 6. The molecule has 2 aromatic rings. The molecule has 2 rings (SSSR count). The Labute approximate surface area is 126 Å². The molecule has 0 aliphatic rings. The molecule has 116 valence electrons. The first-order valence-corrected chi connectivity index (χ1v) is 6.23. The van der Waals surface area contributed by atoms with Gasteiger partial charge in [0.05, 0.1) is 9.85 Å². The lowest BCUT2D eigenvalue weighted by atomic mass is 10.2. The van der Waals surface area contributed by atoms with Crippen LogP contribution in [0.15, 0.2) is 36.4 Å². The number of hydrogen-bond donors (Lipinski definition) is 2. The number of anilines is 2. The normalized spacial score (nSPS) is 9.55. The lowest BCUT2D eigenvalue weighted by Gasteiger charge is -1.97. The van der Waals surface area contributed by atoms with Crippen LogP contribution in [0, 0.1) is 34.1 Å². The highest BCUT2D eigenvalue weighted by molar-refractivity contribution is 5.53. The zero-order valence-electron chi connectivity index (χ0n) is 12.1. The number of nitrogens with two attached hydrogens (primary N) is 2. The van der Waals surface area contributed by atoms with Gasteiger partial charge in [-0.25, -0.2) is 0 Å². The van der Waals surface area contributed by atoms with E-state index in [9.17, 15) is 20.2 Å². The maximum absolute atomic E-state index is 10.2. The molecule has 0 aliphatic carbocycles. The van der Waals surface area contributed by atoms with Crippen LogP contribution in [0.4, 0.5) is 22.7 Å². The molecule has 22 heavy (non-hydrogen) atoms.